The maximum absolute atomic E-state index is 13.4. The van der Waals surface area contributed by atoms with Crippen molar-refractivity contribution in [3.8, 4) is 5.75 Å². The first kappa shape index (κ1) is 26.3. The van der Waals surface area contributed by atoms with Crippen LogP contribution >= 0.6 is 0 Å². The van der Waals surface area contributed by atoms with Crippen molar-refractivity contribution >= 4 is 23.5 Å². The van der Waals surface area contributed by atoms with Crippen LogP contribution in [0.1, 0.15) is 75.6 Å². The summed E-state index contributed by atoms with van der Waals surface area (Å²) in [6, 6.07) is 4.59. The molecule has 3 N–H and O–H groups in total. The highest BCUT2D eigenvalue weighted by molar-refractivity contribution is 5.99. The molecule has 0 bridgehead atoms. The van der Waals surface area contributed by atoms with E-state index in [-0.39, 0.29) is 48.7 Å². The van der Waals surface area contributed by atoms with Gasteiger partial charge in [0.25, 0.3) is 5.91 Å². The third-order valence-corrected chi connectivity index (χ3v) is 7.42. The van der Waals surface area contributed by atoms with Crippen LogP contribution in [0.15, 0.2) is 18.2 Å². The van der Waals surface area contributed by atoms with Crippen LogP contribution in [0.4, 0.5) is 10.5 Å². The molecular formula is C27H40N4O5. The number of fused-ring (bicyclic) bond motifs is 2. The number of anilines is 1. The van der Waals surface area contributed by atoms with Gasteiger partial charge in [-0.1, -0.05) is 19.3 Å². The summed E-state index contributed by atoms with van der Waals surface area (Å²) in [4.78, 5) is 39.7. The topological polar surface area (TPSA) is 109 Å². The molecule has 3 atom stereocenters. The summed E-state index contributed by atoms with van der Waals surface area (Å²) in [6.45, 7) is 4.80. The fourth-order valence-corrected chi connectivity index (χ4v) is 5.46. The van der Waals surface area contributed by atoms with E-state index in [1.807, 2.05) is 13.8 Å². The normalized spacial score (nSPS) is 24.6. The number of carbonyl (C=O) groups is 3. The van der Waals surface area contributed by atoms with Gasteiger partial charge in [0.05, 0.1) is 24.1 Å². The molecule has 0 spiro atoms. The molecule has 1 aromatic carbocycles. The molecule has 0 unspecified atom stereocenters. The lowest BCUT2D eigenvalue weighted by molar-refractivity contribution is -0.134. The van der Waals surface area contributed by atoms with Crippen LogP contribution in [0, 0.1) is 5.92 Å². The number of rotatable bonds is 6. The summed E-state index contributed by atoms with van der Waals surface area (Å²) in [6.07, 6.45) is 7.50. The monoisotopic (exact) mass is 500 g/mol. The third kappa shape index (κ3) is 6.69. The van der Waals surface area contributed by atoms with Crippen LogP contribution in [0.25, 0.3) is 0 Å². The Morgan fingerprint density at radius 1 is 1.11 bits per heavy atom. The molecule has 0 radical (unpaired) electrons. The molecule has 2 heterocycles. The average molecular weight is 501 g/mol. The van der Waals surface area contributed by atoms with E-state index in [2.05, 4.69) is 16.0 Å². The molecule has 1 saturated carbocycles. The van der Waals surface area contributed by atoms with Gasteiger partial charge in [0.2, 0.25) is 5.91 Å². The van der Waals surface area contributed by atoms with Crippen molar-refractivity contribution in [2.24, 2.45) is 5.92 Å². The Labute approximate surface area is 213 Å². The zero-order valence-corrected chi connectivity index (χ0v) is 21.7. The Kier molecular flexibility index (Phi) is 8.72. The second-order valence-electron chi connectivity index (χ2n) is 10.6. The Balaban J connectivity index is 1.35. The number of likely N-dealkylation sites (N-methyl/N-ethyl adjacent to an activating group) is 1. The number of urea groups is 1. The van der Waals surface area contributed by atoms with E-state index in [9.17, 15) is 14.4 Å². The number of hydrogen-bond donors (Lipinski definition) is 3. The van der Waals surface area contributed by atoms with Crippen molar-refractivity contribution in [2.45, 2.75) is 89.5 Å². The first-order valence-electron chi connectivity index (χ1n) is 13.3. The summed E-state index contributed by atoms with van der Waals surface area (Å²) >= 11 is 0. The third-order valence-electron chi connectivity index (χ3n) is 7.42. The summed E-state index contributed by atoms with van der Waals surface area (Å²) in [5, 5.41) is 8.64. The number of nitrogens with zero attached hydrogens (tertiary/aromatic N) is 1. The van der Waals surface area contributed by atoms with Crippen molar-refractivity contribution in [2.75, 3.05) is 25.5 Å². The van der Waals surface area contributed by atoms with Gasteiger partial charge in [0.1, 0.15) is 18.5 Å². The highest BCUT2D eigenvalue weighted by atomic mass is 16.5. The zero-order valence-electron chi connectivity index (χ0n) is 21.7. The summed E-state index contributed by atoms with van der Waals surface area (Å²) in [7, 11) is 1.78. The maximum atomic E-state index is 13.4. The Bertz CT molecular complexity index is 946. The number of hydrogen-bond acceptors (Lipinski definition) is 5. The minimum atomic E-state index is -0.327. The van der Waals surface area contributed by atoms with E-state index >= 15 is 0 Å². The highest BCUT2D eigenvalue weighted by Gasteiger charge is 2.39. The lowest BCUT2D eigenvalue weighted by Crippen LogP contribution is -2.54. The van der Waals surface area contributed by atoms with Crippen LogP contribution in [0.3, 0.4) is 0 Å². The molecule has 1 saturated heterocycles. The fraction of sp³-hybridized carbons (Fsp3) is 0.667. The lowest BCUT2D eigenvalue weighted by Gasteiger charge is -2.42. The molecular weight excluding hydrogens is 460 g/mol. The van der Waals surface area contributed by atoms with Crippen molar-refractivity contribution in [1.29, 1.82) is 0 Å². The number of nitrogens with one attached hydrogen (secondary N) is 3. The Hall–Kier alpha value is -2.81. The van der Waals surface area contributed by atoms with Crippen LogP contribution in [0.2, 0.25) is 0 Å². The largest absolute Gasteiger partial charge is 0.490 e. The minimum absolute atomic E-state index is 0.000429. The van der Waals surface area contributed by atoms with Gasteiger partial charge in [-0.3, -0.25) is 9.59 Å². The first-order chi connectivity index (χ1) is 17.3. The van der Waals surface area contributed by atoms with Crippen LogP contribution < -0.4 is 20.7 Å². The maximum Gasteiger partial charge on any atom is 0.319 e. The molecule has 0 aromatic heterocycles. The molecule has 9 heteroatoms. The molecule has 4 amide bonds. The van der Waals surface area contributed by atoms with Crippen molar-refractivity contribution in [3.05, 3.63) is 23.8 Å². The number of ether oxygens (including phenoxy) is 2. The fourth-order valence-electron chi connectivity index (χ4n) is 5.46. The highest BCUT2D eigenvalue weighted by Crippen LogP contribution is 2.32. The van der Waals surface area contributed by atoms with Crippen LogP contribution in [0.5, 0.6) is 5.75 Å². The minimum Gasteiger partial charge on any atom is -0.490 e. The van der Waals surface area contributed by atoms with Gasteiger partial charge in [-0.05, 0) is 63.6 Å². The zero-order chi connectivity index (χ0) is 25.7. The van der Waals surface area contributed by atoms with E-state index in [4.69, 9.17) is 9.47 Å². The number of benzene rings is 1. The Morgan fingerprint density at radius 2 is 1.89 bits per heavy atom. The molecule has 4 rings (SSSR count). The van der Waals surface area contributed by atoms with Crippen molar-refractivity contribution in [3.63, 3.8) is 0 Å². The predicted octanol–water partition coefficient (Wildman–Crippen LogP) is 3.68. The molecule has 9 nitrogen and oxygen atoms in total. The molecule has 36 heavy (non-hydrogen) atoms. The second kappa shape index (κ2) is 12.0. The van der Waals surface area contributed by atoms with Crippen molar-refractivity contribution in [1.82, 2.24) is 15.5 Å². The SMILES string of the molecule is CC(C)NC(=O)Nc1ccc2c(c1)C(=O)N(C)[C@@H]1CC[C@@H](CC(=O)NCC3CCCCC3)O[C@H]1CO2. The van der Waals surface area contributed by atoms with E-state index in [1.165, 1.54) is 32.1 Å². The lowest BCUT2D eigenvalue weighted by atomic mass is 9.89. The molecule has 2 fully saturated rings. The van der Waals surface area contributed by atoms with Crippen LogP contribution in [-0.2, 0) is 9.53 Å². The quantitative estimate of drug-likeness (QED) is 0.552. The number of amides is 4. The van der Waals surface area contributed by atoms with Gasteiger partial charge < -0.3 is 30.3 Å². The van der Waals surface area contributed by atoms with Gasteiger partial charge in [-0.15, -0.1) is 0 Å². The van der Waals surface area contributed by atoms with Gasteiger partial charge in [-0.2, -0.15) is 0 Å². The van der Waals surface area contributed by atoms with Crippen LogP contribution in [-0.4, -0.2) is 67.2 Å². The summed E-state index contributed by atoms with van der Waals surface area (Å²) < 4.78 is 12.3. The molecule has 1 aromatic rings. The van der Waals surface area contributed by atoms with Gasteiger partial charge in [0.15, 0.2) is 0 Å². The van der Waals surface area contributed by atoms with Gasteiger partial charge in [-0.25, -0.2) is 4.79 Å². The van der Waals surface area contributed by atoms with E-state index in [0.29, 0.717) is 35.8 Å². The summed E-state index contributed by atoms with van der Waals surface area (Å²) in [5.41, 5.74) is 0.927. The van der Waals surface area contributed by atoms with E-state index in [1.54, 1.807) is 30.1 Å². The predicted molar refractivity (Wildman–Crippen MR) is 137 cm³/mol. The average Bonchev–Trinajstić information content (AvgIpc) is 2.85. The molecule has 1 aliphatic carbocycles. The summed E-state index contributed by atoms with van der Waals surface area (Å²) in [5.74, 6) is 0.904. The standard InChI is InChI=1S/C27H40N4O5/c1-17(2)29-27(34)30-19-9-12-23-21(13-19)26(33)31(3)22-11-10-20(36-24(22)16-35-23)14-25(32)28-15-18-7-5-4-6-8-18/h9,12-13,17-18,20,22,24H,4-8,10-11,14-16H2,1-3H3,(H,28,32)(H2,29,30,34)/t20-,22+,24-/m0/s1. The Morgan fingerprint density at radius 3 is 2.64 bits per heavy atom. The first-order valence-corrected chi connectivity index (χ1v) is 13.3. The second-order valence-corrected chi connectivity index (χ2v) is 10.6. The van der Waals surface area contributed by atoms with E-state index in [0.717, 1.165) is 13.0 Å². The smallest absolute Gasteiger partial charge is 0.319 e. The van der Waals surface area contributed by atoms with Crippen molar-refractivity contribution < 1.29 is 23.9 Å². The molecule has 3 aliphatic rings. The van der Waals surface area contributed by atoms with E-state index < -0.39 is 0 Å². The van der Waals surface area contributed by atoms with Gasteiger partial charge in [0, 0.05) is 25.3 Å². The molecule has 2 aliphatic heterocycles. The van der Waals surface area contributed by atoms with Gasteiger partial charge >= 0.3 is 6.03 Å². The molecule has 198 valence electrons. The number of carbonyl (C=O) groups excluding carboxylic acids is 3.